The van der Waals surface area contributed by atoms with Crippen molar-refractivity contribution in [3.05, 3.63) is 46.4 Å². The van der Waals surface area contributed by atoms with Gasteiger partial charge in [0.1, 0.15) is 5.75 Å². The van der Waals surface area contributed by atoms with Gasteiger partial charge in [0.15, 0.2) is 5.16 Å². The van der Waals surface area contributed by atoms with Gasteiger partial charge in [-0.15, -0.1) is 0 Å². The van der Waals surface area contributed by atoms with Gasteiger partial charge in [0.05, 0.1) is 13.2 Å². The molecule has 1 aromatic heterocycles. The first-order chi connectivity index (χ1) is 14.1. The molecule has 2 aromatic rings. The first-order valence-electron chi connectivity index (χ1n) is 10.0. The number of nitrogens with zero attached hydrogens (tertiary/aromatic N) is 4. The van der Waals surface area contributed by atoms with Crippen molar-refractivity contribution in [2.24, 2.45) is 0 Å². The van der Waals surface area contributed by atoms with E-state index < -0.39 is 0 Å². The van der Waals surface area contributed by atoms with Gasteiger partial charge in [0, 0.05) is 55.8 Å². The van der Waals surface area contributed by atoms with E-state index in [0.29, 0.717) is 19.5 Å². The third-order valence-electron chi connectivity index (χ3n) is 5.59. The number of fused-ring (bicyclic) bond motifs is 1. The summed E-state index contributed by atoms with van der Waals surface area (Å²) in [5.41, 5.74) is 1.91. The van der Waals surface area contributed by atoms with E-state index in [1.165, 1.54) is 0 Å². The number of carbonyl (C=O) groups excluding carboxylic acids is 1. The molecule has 0 saturated carbocycles. The molecule has 0 spiro atoms. The minimum absolute atomic E-state index is 0.0426. The van der Waals surface area contributed by atoms with E-state index in [0.717, 1.165) is 47.6 Å². The Morgan fingerprint density at radius 1 is 1.21 bits per heavy atom. The van der Waals surface area contributed by atoms with Gasteiger partial charge < -0.3 is 14.5 Å². The van der Waals surface area contributed by atoms with Gasteiger partial charge in [0.25, 0.3) is 5.56 Å². The SMILES string of the molecule is CCc1cc(=O)n2c(n1)SCC2CC(=O)N1CCN(c2ccc(OC)cc2)CC1. The van der Waals surface area contributed by atoms with Crippen LogP contribution in [0.2, 0.25) is 0 Å². The summed E-state index contributed by atoms with van der Waals surface area (Å²) in [5, 5.41) is 0.747. The Morgan fingerprint density at radius 3 is 2.59 bits per heavy atom. The zero-order chi connectivity index (χ0) is 20.4. The molecule has 1 aromatic carbocycles. The summed E-state index contributed by atoms with van der Waals surface area (Å²) in [4.78, 5) is 34.1. The number of ether oxygens (including phenoxy) is 1. The van der Waals surface area contributed by atoms with Gasteiger partial charge in [0.2, 0.25) is 5.91 Å². The highest BCUT2D eigenvalue weighted by Crippen LogP contribution is 2.32. The van der Waals surface area contributed by atoms with Gasteiger partial charge in [-0.1, -0.05) is 18.7 Å². The number of thioether (sulfide) groups is 1. The first-order valence-corrected chi connectivity index (χ1v) is 11.0. The maximum absolute atomic E-state index is 12.9. The fourth-order valence-electron chi connectivity index (χ4n) is 3.87. The fourth-order valence-corrected chi connectivity index (χ4v) is 5.04. The number of aryl methyl sites for hydroxylation is 1. The largest absolute Gasteiger partial charge is 0.497 e. The molecule has 1 saturated heterocycles. The molecule has 1 fully saturated rings. The molecule has 2 aliphatic rings. The lowest BCUT2D eigenvalue weighted by molar-refractivity contribution is -0.132. The third kappa shape index (κ3) is 4.12. The first kappa shape index (κ1) is 19.8. The van der Waals surface area contributed by atoms with E-state index in [-0.39, 0.29) is 17.5 Å². The van der Waals surface area contributed by atoms with Crippen molar-refractivity contribution in [3.63, 3.8) is 0 Å². The number of piperazine rings is 1. The van der Waals surface area contributed by atoms with E-state index >= 15 is 0 Å². The molecule has 0 N–H and O–H groups in total. The van der Waals surface area contributed by atoms with Gasteiger partial charge in [-0.05, 0) is 30.7 Å². The topological polar surface area (TPSA) is 67.7 Å². The molecule has 4 rings (SSSR count). The molecule has 8 heteroatoms. The zero-order valence-electron chi connectivity index (χ0n) is 16.8. The van der Waals surface area contributed by atoms with Crippen molar-refractivity contribution < 1.29 is 9.53 Å². The average molecular weight is 415 g/mol. The maximum Gasteiger partial charge on any atom is 0.254 e. The lowest BCUT2D eigenvalue weighted by Crippen LogP contribution is -2.49. The normalized spacial score (nSPS) is 18.6. The van der Waals surface area contributed by atoms with E-state index in [1.54, 1.807) is 29.5 Å². The van der Waals surface area contributed by atoms with Crippen LogP contribution in [0, 0.1) is 0 Å². The Balaban J connectivity index is 1.36. The second kappa shape index (κ2) is 8.49. The Labute approximate surface area is 174 Å². The molecule has 154 valence electrons. The molecule has 0 radical (unpaired) electrons. The van der Waals surface area contributed by atoms with Crippen molar-refractivity contribution in [1.29, 1.82) is 0 Å². The predicted octanol–water partition coefficient (Wildman–Crippen LogP) is 2.20. The van der Waals surface area contributed by atoms with Crippen LogP contribution in [-0.4, -0.2) is 59.4 Å². The summed E-state index contributed by atoms with van der Waals surface area (Å²) < 4.78 is 6.92. The lowest BCUT2D eigenvalue weighted by atomic mass is 10.1. The van der Waals surface area contributed by atoms with E-state index in [9.17, 15) is 9.59 Å². The number of amides is 1. The van der Waals surface area contributed by atoms with Gasteiger partial charge in [-0.25, -0.2) is 4.98 Å². The van der Waals surface area contributed by atoms with Gasteiger partial charge in [-0.2, -0.15) is 0 Å². The van der Waals surface area contributed by atoms with Crippen molar-refractivity contribution >= 4 is 23.4 Å². The van der Waals surface area contributed by atoms with Gasteiger partial charge >= 0.3 is 0 Å². The average Bonchev–Trinajstić information content (AvgIpc) is 3.17. The van der Waals surface area contributed by atoms with Crippen LogP contribution in [0.25, 0.3) is 0 Å². The Morgan fingerprint density at radius 2 is 1.93 bits per heavy atom. The molecular formula is C21H26N4O3S. The van der Waals surface area contributed by atoms with Crippen LogP contribution >= 0.6 is 11.8 Å². The number of benzene rings is 1. The molecule has 2 aliphatic heterocycles. The number of rotatable bonds is 5. The zero-order valence-corrected chi connectivity index (χ0v) is 17.7. The highest BCUT2D eigenvalue weighted by Gasteiger charge is 2.30. The van der Waals surface area contributed by atoms with Gasteiger partial charge in [-0.3, -0.25) is 14.2 Å². The van der Waals surface area contributed by atoms with Crippen LogP contribution < -0.4 is 15.2 Å². The van der Waals surface area contributed by atoms with Crippen molar-refractivity contribution in [1.82, 2.24) is 14.5 Å². The summed E-state index contributed by atoms with van der Waals surface area (Å²) in [6.07, 6.45) is 1.10. The Hall–Kier alpha value is -2.48. The van der Waals surface area contributed by atoms with Crippen LogP contribution in [0.5, 0.6) is 5.75 Å². The Bertz CT molecular complexity index is 936. The van der Waals surface area contributed by atoms with Crippen LogP contribution in [0.4, 0.5) is 5.69 Å². The third-order valence-corrected chi connectivity index (χ3v) is 6.68. The molecular weight excluding hydrogens is 388 g/mol. The number of hydrogen-bond acceptors (Lipinski definition) is 6. The number of anilines is 1. The molecule has 1 unspecified atom stereocenters. The van der Waals surface area contributed by atoms with E-state index in [2.05, 4.69) is 9.88 Å². The molecule has 0 bridgehead atoms. The number of methoxy groups -OCH3 is 1. The quantitative estimate of drug-likeness (QED) is 0.699. The summed E-state index contributed by atoms with van der Waals surface area (Å²) in [5.74, 6) is 1.69. The van der Waals surface area contributed by atoms with Crippen LogP contribution in [0.1, 0.15) is 25.1 Å². The molecule has 7 nitrogen and oxygen atoms in total. The highest BCUT2D eigenvalue weighted by molar-refractivity contribution is 7.99. The molecule has 3 heterocycles. The van der Waals surface area contributed by atoms with Crippen molar-refractivity contribution in [2.75, 3.05) is 43.9 Å². The maximum atomic E-state index is 12.9. The summed E-state index contributed by atoms with van der Waals surface area (Å²) in [6.45, 7) is 4.98. The smallest absolute Gasteiger partial charge is 0.254 e. The number of hydrogen-bond donors (Lipinski definition) is 0. The fraction of sp³-hybridized carbons (Fsp3) is 0.476. The highest BCUT2D eigenvalue weighted by atomic mass is 32.2. The van der Waals surface area contributed by atoms with E-state index in [1.807, 2.05) is 36.1 Å². The minimum atomic E-state index is -0.104. The Kier molecular flexibility index (Phi) is 5.80. The summed E-state index contributed by atoms with van der Waals surface area (Å²) >= 11 is 1.57. The molecule has 1 amide bonds. The van der Waals surface area contributed by atoms with E-state index in [4.69, 9.17) is 4.74 Å². The molecule has 1 atom stereocenters. The molecule has 0 aliphatic carbocycles. The van der Waals surface area contributed by atoms with Crippen molar-refractivity contribution in [2.45, 2.75) is 31.0 Å². The molecule has 29 heavy (non-hydrogen) atoms. The van der Waals surface area contributed by atoms with Crippen LogP contribution in [-0.2, 0) is 11.2 Å². The summed E-state index contributed by atoms with van der Waals surface area (Å²) in [6, 6.07) is 9.50. The summed E-state index contributed by atoms with van der Waals surface area (Å²) in [7, 11) is 1.66. The predicted molar refractivity (Wildman–Crippen MR) is 114 cm³/mol. The standard InChI is InChI=1S/C21H26N4O3S/c1-3-15-12-20(27)25-17(14-29-21(25)22-15)13-19(26)24-10-8-23(9-11-24)16-4-6-18(28-2)7-5-16/h4-7,12,17H,3,8-11,13-14H2,1-2H3. The van der Waals surface area contributed by atoms with Crippen molar-refractivity contribution in [3.8, 4) is 5.75 Å². The minimum Gasteiger partial charge on any atom is -0.497 e. The second-order valence-electron chi connectivity index (χ2n) is 7.33. The van der Waals surface area contributed by atoms with Crippen LogP contribution in [0.15, 0.2) is 40.3 Å². The van der Waals surface area contributed by atoms with Crippen LogP contribution in [0.3, 0.4) is 0 Å². The second-order valence-corrected chi connectivity index (χ2v) is 8.31. The number of aromatic nitrogens is 2. The lowest BCUT2D eigenvalue weighted by Gasteiger charge is -2.36. The monoisotopic (exact) mass is 414 g/mol. The number of carbonyl (C=O) groups is 1.